The number of nitrogens with one attached hydrogen (secondary N) is 1. The Hall–Kier alpha value is -1.36. The number of amides is 1. The summed E-state index contributed by atoms with van der Waals surface area (Å²) in [4.78, 5) is 24.5. The number of halogens is 1. The monoisotopic (exact) mass is 419 g/mol. The summed E-state index contributed by atoms with van der Waals surface area (Å²) >= 11 is 3.23. The van der Waals surface area contributed by atoms with E-state index in [1.165, 1.54) is 11.1 Å². The number of benzene rings is 1. The van der Waals surface area contributed by atoms with Crippen LogP contribution in [0.25, 0.3) is 0 Å². The number of methoxy groups -OCH3 is 1. The molecule has 1 aromatic rings. The molecule has 0 spiro atoms. The van der Waals surface area contributed by atoms with E-state index in [0.29, 0.717) is 23.5 Å². The van der Waals surface area contributed by atoms with Crippen LogP contribution < -0.4 is 10.1 Å². The number of hydrogen-bond donors (Lipinski definition) is 1. The van der Waals surface area contributed by atoms with Crippen LogP contribution in [0.15, 0.2) is 12.1 Å². The van der Waals surface area contributed by atoms with Gasteiger partial charge in [-0.2, -0.15) is 0 Å². The molecule has 0 heterocycles. The van der Waals surface area contributed by atoms with Gasteiger partial charge in [0.1, 0.15) is 11.5 Å². The topological polar surface area (TPSA) is 55.4 Å². The van der Waals surface area contributed by atoms with Gasteiger partial charge in [-0.05, 0) is 67.1 Å². The van der Waals surface area contributed by atoms with E-state index in [-0.39, 0.29) is 16.7 Å². The highest BCUT2D eigenvalue weighted by molar-refractivity contribution is 9.09. The van der Waals surface area contributed by atoms with Crippen LogP contribution in [-0.4, -0.2) is 24.1 Å². The number of anilines is 1. The quantitative estimate of drug-likeness (QED) is 0.735. The summed E-state index contributed by atoms with van der Waals surface area (Å²) in [5.74, 6) is 2.75. The van der Waals surface area contributed by atoms with Gasteiger partial charge in [-0.3, -0.25) is 9.59 Å². The second-order valence-electron chi connectivity index (χ2n) is 8.23. The fourth-order valence-corrected chi connectivity index (χ4v) is 6.04. The van der Waals surface area contributed by atoms with Gasteiger partial charge < -0.3 is 10.1 Å². The molecular weight excluding hydrogens is 394 g/mol. The second-order valence-corrected chi connectivity index (χ2v) is 8.79. The van der Waals surface area contributed by atoms with Crippen molar-refractivity contribution in [2.75, 3.05) is 17.8 Å². The normalized spacial score (nSPS) is 32.4. The minimum atomic E-state index is -0.0991. The predicted molar refractivity (Wildman–Crippen MR) is 105 cm³/mol. The third-order valence-corrected chi connectivity index (χ3v) is 7.70. The van der Waals surface area contributed by atoms with Crippen LogP contribution in [0.1, 0.15) is 56.1 Å². The maximum atomic E-state index is 12.5. The number of rotatable bonds is 3. The summed E-state index contributed by atoms with van der Waals surface area (Å²) in [6.07, 6.45) is 5.89. The summed E-state index contributed by atoms with van der Waals surface area (Å²) < 4.78 is 5.52. The Morgan fingerprint density at radius 2 is 2.12 bits per heavy atom. The highest BCUT2D eigenvalue weighted by atomic mass is 79.9. The largest absolute Gasteiger partial charge is 0.495 e. The highest BCUT2D eigenvalue weighted by Gasteiger charge is 2.54. The number of carbonyl (C=O) groups excluding carboxylic acids is 2. The molecular formula is C21H26BrNO3. The number of hydrogen-bond acceptors (Lipinski definition) is 3. The molecule has 0 radical (unpaired) electrons. The number of ether oxygens (including phenoxy) is 1. The molecule has 0 bridgehead atoms. The molecule has 4 atom stereocenters. The first-order valence-corrected chi connectivity index (χ1v) is 10.7. The van der Waals surface area contributed by atoms with Crippen molar-refractivity contribution >= 4 is 33.3 Å². The van der Waals surface area contributed by atoms with Gasteiger partial charge in [0.2, 0.25) is 5.91 Å². The third kappa shape index (κ3) is 2.62. The molecule has 2 saturated carbocycles. The Kier molecular flexibility index (Phi) is 4.62. The lowest BCUT2D eigenvalue weighted by atomic mass is 9.55. The first-order valence-electron chi connectivity index (χ1n) is 9.58. The molecule has 0 aromatic heterocycles. The molecule has 3 aliphatic rings. The van der Waals surface area contributed by atoms with Crippen LogP contribution in [0.2, 0.25) is 0 Å². The van der Waals surface area contributed by atoms with E-state index in [2.05, 4.69) is 34.2 Å². The zero-order valence-electron chi connectivity index (χ0n) is 15.4. The van der Waals surface area contributed by atoms with Crippen LogP contribution >= 0.6 is 15.9 Å². The van der Waals surface area contributed by atoms with E-state index in [0.717, 1.165) is 50.0 Å². The molecule has 1 N–H and O–H groups in total. The Morgan fingerprint density at radius 1 is 1.31 bits per heavy atom. The Labute approximate surface area is 163 Å². The van der Waals surface area contributed by atoms with Gasteiger partial charge in [-0.1, -0.05) is 28.9 Å². The van der Waals surface area contributed by atoms with Crippen molar-refractivity contribution in [3.8, 4) is 5.75 Å². The molecule has 0 unspecified atom stereocenters. The van der Waals surface area contributed by atoms with E-state index in [9.17, 15) is 9.59 Å². The summed E-state index contributed by atoms with van der Waals surface area (Å²) in [6, 6.07) is 4.17. The molecule has 2 fully saturated rings. The maximum Gasteiger partial charge on any atom is 0.235 e. The van der Waals surface area contributed by atoms with E-state index >= 15 is 0 Å². The molecule has 0 saturated heterocycles. The summed E-state index contributed by atoms with van der Waals surface area (Å²) in [5.41, 5.74) is 3.32. The van der Waals surface area contributed by atoms with E-state index in [1.807, 2.05) is 6.07 Å². The van der Waals surface area contributed by atoms with Gasteiger partial charge in [0.25, 0.3) is 0 Å². The number of Topliss-reactive ketones (excluding diaryl/α,β-unsaturated/α-hetero) is 1. The van der Waals surface area contributed by atoms with Crippen molar-refractivity contribution in [2.45, 2.75) is 51.4 Å². The Bertz CT molecular complexity index is 762. The van der Waals surface area contributed by atoms with Gasteiger partial charge in [0, 0.05) is 11.8 Å². The SMILES string of the molecule is COc1ccc2c(c1NC(=O)CBr)CC[C@@H]1[C@@H]2CC[C@]2(C)C(=O)CC[C@@H]12. The number of carbonyl (C=O) groups is 2. The summed E-state index contributed by atoms with van der Waals surface area (Å²) in [6.45, 7) is 2.20. The number of ketones is 1. The number of alkyl halides is 1. The van der Waals surface area contributed by atoms with Crippen molar-refractivity contribution < 1.29 is 14.3 Å². The van der Waals surface area contributed by atoms with Gasteiger partial charge in [-0.15, -0.1) is 0 Å². The molecule has 26 heavy (non-hydrogen) atoms. The average molecular weight is 420 g/mol. The molecule has 1 aromatic carbocycles. The standard InChI is InChI=1S/C21H26BrNO3/c1-21-10-9-13-12-5-7-17(26-2)20(23-19(25)11-22)15(12)4-3-14(13)16(21)6-8-18(21)24/h5,7,13-14,16H,3-4,6,8-11H2,1-2H3,(H,23,25)/t13-,14-,16+,21+/m1/s1. The van der Waals surface area contributed by atoms with Crippen molar-refractivity contribution in [3.63, 3.8) is 0 Å². The average Bonchev–Trinajstić information content (AvgIpc) is 2.96. The lowest BCUT2D eigenvalue weighted by molar-refractivity contribution is -0.129. The van der Waals surface area contributed by atoms with E-state index in [4.69, 9.17) is 4.74 Å². The predicted octanol–water partition coefficient (Wildman–Crippen LogP) is 4.45. The lowest BCUT2D eigenvalue weighted by Gasteiger charge is -2.48. The lowest BCUT2D eigenvalue weighted by Crippen LogP contribution is -2.42. The van der Waals surface area contributed by atoms with Crippen LogP contribution in [0.3, 0.4) is 0 Å². The summed E-state index contributed by atoms with van der Waals surface area (Å²) in [5, 5.41) is 3.30. The Morgan fingerprint density at radius 3 is 2.85 bits per heavy atom. The zero-order chi connectivity index (χ0) is 18.5. The van der Waals surface area contributed by atoms with Gasteiger partial charge in [0.15, 0.2) is 0 Å². The Balaban J connectivity index is 1.72. The highest BCUT2D eigenvalue weighted by Crippen LogP contribution is 2.60. The first-order chi connectivity index (χ1) is 12.5. The van der Waals surface area contributed by atoms with Crippen LogP contribution in [0, 0.1) is 17.3 Å². The van der Waals surface area contributed by atoms with Crippen LogP contribution in [0.5, 0.6) is 5.75 Å². The maximum absolute atomic E-state index is 12.5. The summed E-state index contributed by atoms with van der Waals surface area (Å²) in [7, 11) is 1.65. The minimum Gasteiger partial charge on any atom is -0.495 e. The van der Waals surface area contributed by atoms with Crippen LogP contribution in [-0.2, 0) is 16.0 Å². The van der Waals surface area contributed by atoms with E-state index in [1.54, 1.807) is 7.11 Å². The second kappa shape index (κ2) is 6.66. The smallest absolute Gasteiger partial charge is 0.235 e. The van der Waals surface area contributed by atoms with Crippen molar-refractivity contribution in [1.29, 1.82) is 0 Å². The number of fused-ring (bicyclic) bond motifs is 5. The molecule has 1 amide bonds. The van der Waals surface area contributed by atoms with Crippen LogP contribution in [0.4, 0.5) is 5.69 Å². The zero-order valence-corrected chi connectivity index (χ0v) is 17.0. The molecule has 0 aliphatic heterocycles. The fraction of sp³-hybridized carbons (Fsp3) is 0.619. The van der Waals surface area contributed by atoms with E-state index < -0.39 is 0 Å². The van der Waals surface area contributed by atoms with Gasteiger partial charge in [0.05, 0.1) is 18.1 Å². The minimum absolute atomic E-state index is 0.0589. The van der Waals surface area contributed by atoms with Gasteiger partial charge in [-0.25, -0.2) is 0 Å². The molecule has 5 heteroatoms. The van der Waals surface area contributed by atoms with Crippen molar-refractivity contribution in [2.24, 2.45) is 17.3 Å². The van der Waals surface area contributed by atoms with Crippen molar-refractivity contribution in [3.05, 3.63) is 23.3 Å². The first kappa shape index (κ1) is 18.0. The molecule has 140 valence electrons. The van der Waals surface area contributed by atoms with Gasteiger partial charge >= 0.3 is 0 Å². The molecule has 3 aliphatic carbocycles. The van der Waals surface area contributed by atoms with Crippen molar-refractivity contribution in [1.82, 2.24) is 0 Å². The third-order valence-electron chi connectivity index (χ3n) is 7.19. The fourth-order valence-electron chi connectivity index (χ4n) is 5.90. The molecule has 4 rings (SSSR count). The molecule has 4 nitrogen and oxygen atoms in total.